The third kappa shape index (κ3) is 7.99. The molecule has 2 N–H and O–H groups in total. The zero-order valence-electron chi connectivity index (χ0n) is 20.4. The second-order valence-corrected chi connectivity index (χ2v) is 7.86. The lowest BCUT2D eigenvalue weighted by molar-refractivity contribution is 0.0728. The normalized spacial score (nSPS) is 10.5. The van der Waals surface area contributed by atoms with Crippen LogP contribution in [0.3, 0.4) is 0 Å². The molecule has 0 aromatic heterocycles. The zero-order valence-corrected chi connectivity index (χ0v) is 21.3. The molecule has 0 spiro atoms. The van der Waals surface area contributed by atoms with E-state index in [1.807, 2.05) is 38.1 Å². The van der Waals surface area contributed by atoms with Crippen molar-refractivity contribution in [3.8, 4) is 23.0 Å². The Bertz CT molecular complexity index is 1180. The van der Waals surface area contributed by atoms with Crippen LogP contribution in [0.25, 0.3) is 0 Å². The molecule has 0 aliphatic rings. The molecule has 0 amide bonds. The fourth-order valence-electron chi connectivity index (χ4n) is 3.02. The van der Waals surface area contributed by atoms with Gasteiger partial charge in [0.15, 0.2) is 16.6 Å². The van der Waals surface area contributed by atoms with Gasteiger partial charge in [0, 0.05) is 5.69 Å². The van der Waals surface area contributed by atoms with E-state index in [9.17, 15) is 4.79 Å². The maximum absolute atomic E-state index is 12.6. The van der Waals surface area contributed by atoms with E-state index in [4.69, 9.17) is 31.2 Å². The van der Waals surface area contributed by atoms with Gasteiger partial charge < -0.3 is 24.3 Å². The molecular weight excluding hydrogens is 478 g/mol. The minimum atomic E-state index is -0.490. The first-order valence-electron chi connectivity index (χ1n) is 11.5. The van der Waals surface area contributed by atoms with E-state index >= 15 is 0 Å². The van der Waals surface area contributed by atoms with Gasteiger partial charge in [0.05, 0.1) is 32.1 Å². The average Bonchev–Trinajstić information content (AvgIpc) is 2.89. The highest BCUT2D eigenvalue weighted by Gasteiger charge is 2.13. The smallest absolute Gasteiger partial charge is 0.343 e. The molecule has 36 heavy (non-hydrogen) atoms. The number of benzene rings is 3. The summed E-state index contributed by atoms with van der Waals surface area (Å²) < 4.78 is 21.9. The maximum atomic E-state index is 12.6. The molecule has 3 aromatic carbocycles. The number of hydrazone groups is 1. The highest BCUT2D eigenvalue weighted by Crippen LogP contribution is 2.29. The van der Waals surface area contributed by atoms with Gasteiger partial charge in [-0.1, -0.05) is 6.92 Å². The Morgan fingerprint density at radius 2 is 1.67 bits per heavy atom. The van der Waals surface area contributed by atoms with E-state index < -0.39 is 5.97 Å². The lowest BCUT2D eigenvalue weighted by Crippen LogP contribution is -2.23. The van der Waals surface area contributed by atoms with E-state index in [0.29, 0.717) is 41.1 Å². The second kappa shape index (κ2) is 13.7. The van der Waals surface area contributed by atoms with Crippen LogP contribution in [0.2, 0.25) is 0 Å². The summed E-state index contributed by atoms with van der Waals surface area (Å²) in [5.74, 6) is 1.72. The Morgan fingerprint density at radius 3 is 2.33 bits per heavy atom. The molecule has 0 heterocycles. The number of esters is 1. The first-order chi connectivity index (χ1) is 17.5. The number of rotatable bonds is 11. The Kier molecular flexibility index (Phi) is 10.1. The van der Waals surface area contributed by atoms with Crippen molar-refractivity contribution in [3.63, 3.8) is 0 Å². The SMILES string of the molecule is CCCOc1ccc(C(=O)Oc2ccc(C=NNC(=S)Nc3ccc(OC)cc3)cc2OCC)cc1. The molecule has 0 atom stereocenters. The van der Waals surface area contributed by atoms with Crippen molar-refractivity contribution in [1.29, 1.82) is 0 Å². The molecule has 0 aliphatic carbocycles. The number of carbonyl (C=O) groups excluding carboxylic acids is 1. The van der Waals surface area contributed by atoms with Gasteiger partial charge in [0.2, 0.25) is 0 Å². The summed E-state index contributed by atoms with van der Waals surface area (Å²) in [6.07, 6.45) is 2.50. The molecule has 188 valence electrons. The Morgan fingerprint density at radius 1 is 0.944 bits per heavy atom. The van der Waals surface area contributed by atoms with E-state index in [1.54, 1.807) is 55.8 Å². The van der Waals surface area contributed by atoms with Crippen LogP contribution in [0.4, 0.5) is 5.69 Å². The van der Waals surface area contributed by atoms with E-state index in [-0.39, 0.29) is 0 Å². The third-order valence-corrected chi connectivity index (χ3v) is 4.95. The van der Waals surface area contributed by atoms with E-state index in [2.05, 4.69) is 15.8 Å². The molecular formula is C27H29N3O5S. The van der Waals surface area contributed by atoms with Crippen molar-refractivity contribution < 1.29 is 23.7 Å². The Balaban J connectivity index is 1.60. The number of carbonyl (C=O) groups is 1. The summed E-state index contributed by atoms with van der Waals surface area (Å²) in [6, 6.07) is 19.3. The molecule has 3 rings (SSSR count). The predicted molar refractivity (Wildman–Crippen MR) is 145 cm³/mol. The van der Waals surface area contributed by atoms with Crippen LogP contribution >= 0.6 is 12.2 Å². The van der Waals surface area contributed by atoms with Gasteiger partial charge in [-0.05, 0) is 97.9 Å². The van der Waals surface area contributed by atoms with Crippen molar-refractivity contribution in [2.45, 2.75) is 20.3 Å². The average molecular weight is 508 g/mol. The van der Waals surface area contributed by atoms with Gasteiger partial charge in [0.25, 0.3) is 0 Å². The van der Waals surface area contributed by atoms with E-state index in [1.165, 1.54) is 0 Å². The first-order valence-corrected chi connectivity index (χ1v) is 11.9. The number of nitrogens with one attached hydrogen (secondary N) is 2. The number of thiocarbonyl (C=S) groups is 1. The molecule has 3 aromatic rings. The van der Waals surface area contributed by atoms with Gasteiger partial charge in [0.1, 0.15) is 11.5 Å². The van der Waals surface area contributed by atoms with Crippen LogP contribution in [-0.4, -0.2) is 37.6 Å². The van der Waals surface area contributed by atoms with Crippen LogP contribution in [0, 0.1) is 0 Å². The molecule has 0 radical (unpaired) electrons. The highest BCUT2D eigenvalue weighted by molar-refractivity contribution is 7.80. The van der Waals surface area contributed by atoms with Crippen LogP contribution < -0.4 is 29.7 Å². The molecule has 0 saturated heterocycles. The first kappa shape index (κ1) is 26.5. The van der Waals surface area contributed by atoms with Gasteiger partial charge in [-0.25, -0.2) is 4.79 Å². The minimum Gasteiger partial charge on any atom is -0.497 e. The monoisotopic (exact) mass is 507 g/mol. The Hall–Kier alpha value is -4.11. The quantitative estimate of drug-likeness (QED) is 0.117. The fourth-order valence-corrected chi connectivity index (χ4v) is 3.19. The van der Waals surface area contributed by atoms with Crippen LogP contribution in [0.1, 0.15) is 36.2 Å². The topological polar surface area (TPSA) is 90.4 Å². The van der Waals surface area contributed by atoms with Crippen molar-refractivity contribution in [2.24, 2.45) is 5.10 Å². The number of methoxy groups -OCH3 is 1. The summed E-state index contributed by atoms with van der Waals surface area (Å²) >= 11 is 5.27. The lowest BCUT2D eigenvalue weighted by atomic mass is 10.2. The largest absolute Gasteiger partial charge is 0.497 e. The van der Waals surface area contributed by atoms with Crippen molar-refractivity contribution in [3.05, 3.63) is 77.9 Å². The van der Waals surface area contributed by atoms with Gasteiger partial charge in [-0.15, -0.1) is 0 Å². The Labute approximate surface area is 216 Å². The molecule has 8 nitrogen and oxygen atoms in total. The summed E-state index contributed by atoms with van der Waals surface area (Å²) in [4.78, 5) is 12.6. The summed E-state index contributed by atoms with van der Waals surface area (Å²) in [7, 11) is 1.61. The van der Waals surface area contributed by atoms with Crippen LogP contribution in [0.15, 0.2) is 71.8 Å². The van der Waals surface area contributed by atoms with E-state index in [0.717, 1.165) is 23.4 Å². The third-order valence-electron chi connectivity index (χ3n) is 4.76. The zero-order chi connectivity index (χ0) is 25.8. The highest BCUT2D eigenvalue weighted by atomic mass is 32.1. The molecule has 0 bridgehead atoms. The van der Waals surface area contributed by atoms with Crippen LogP contribution in [0.5, 0.6) is 23.0 Å². The number of nitrogens with zero attached hydrogens (tertiary/aromatic N) is 1. The minimum absolute atomic E-state index is 0.315. The summed E-state index contributed by atoms with van der Waals surface area (Å²) in [5, 5.41) is 7.53. The van der Waals surface area contributed by atoms with Gasteiger partial charge in [-0.3, -0.25) is 5.43 Å². The maximum Gasteiger partial charge on any atom is 0.343 e. The molecule has 0 fully saturated rings. The standard InChI is InChI=1S/C27H29N3O5S/c1-4-16-34-23-11-7-20(8-12-23)26(31)35-24-15-6-19(17-25(24)33-5-2)18-28-30-27(36)29-21-9-13-22(32-3)14-10-21/h6-15,17-18H,4-5,16H2,1-3H3,(H2,29,30,36). The predicted octanol–water partition coefficient (Wildman–Crippen LogP) is 5.42. The van der Waals surface area contributed by atoms with Gasteiger partial charge in [-0.2, -0.15) is 5.10 Å². The second-order valence-electron chi connectivity index (χ2n) is 7.45. The number of anilines is 1. The molecule has 9 heteroatoms. The molecule has 0 unspecified atom stereocenters. The van der Waals surface area contributed by atoms with Crippen LogP contribution in [-0.2, 0) is 0 Å². The molecule has 0 aliphatic heterocycles. The van der Waals surface area contributed by atoms with Crippen molar-refractivity contribution >= 4 is 35.2 Å². The number of hydrogen-bond donors (Lipinski definition) is 2. The molecule has 0 saturated carbocycles. The fraction of sp³-hybridized carbons (Fsp3) is 0.222. The van der Waals surface area contributed by atoms with Gasteiger partial charge >= 0.3 is 5.97 Å². The number of ether oxygens (including phenoxy) is 4. The summed E-state index contributed by atoms with van der Waals surface area (Å²) in [5.41, 5.74) is 4.71. The number of hydrogen-bond acceptors (Lipinski definition) is 7. The van der Waals surface area contributed by atoms with Crippen molar-refractivity contribution in [1.82, 2.24) is 5.43 Å². The lowest BCUT2D eigenvalue weighted by Gasteiger charge is -2.12. The van der Waals surface area contributed by atoms with Crippen molar-refractivity contribution in [2.75, 3.05) is 25.6 Å². The summed E-state index contributed by atoms with van der Waals surface area (Å²) in [6.45, 7) is 4.91.